The molecular weight excluding hydrogens is 584 g/mol. The second-order valence-corrected chi connectivity index (χ2v) is 8.91. The molecule has 7 heteroatoms. The largest absolute Gasteiger partial charge is 0.506 e. The summed E-state index contributed by atoms with van der Waals surface area (Å²) in [4.78, 5) is 25.9. The minimum atomic E-state index is -0.578. The van der Waals surface area contributed by atoms with Crippen LogP contribution in [0.3, 0.4) is 0 Å². The number of carbonyl (C=O) groups is 2. The highest BCUT2D eigenvalue weighted by molar-refractivity contribution is 14.1. The number of Topliss-reactive ketones (excluding diaryl/α,β-unsaturated/α-hetero) is 1. The molecule has 1 atom stereocenters. The van der Waals surface area contributed by atoms with Gasteiger partial charge in [0, 0.05) is 28.3 Å². The van der Waals surface area contributed by atoms with Crippen LogP contribution in [0, 0.1) is 7.14 Å². The first-order chi connectivity index (χ1) is 13.3. The minimum absolute atomic E-state index is 0.102. The van der Waals surface area contributed by atoms with Crippen LogP contribution in [0.1, 0.15) is 34.3 Å². The maximum Gasteiger partial charge on any atom is 0.336 e. The Bertz CT molecular complexity index is 1090. The highest BCUT2D eigenvalue weighted by Crippen LogP contribution is 2.47. The van der Waals surface area contributed by atoms with Gasteiger partial charge in [-0.3, -0.25) is 4.79 Å². The number of rotatable bonds is 2. The number of ether oxygens (including phenoxy) is 1. The fourth-order valence-electron chi connectivity index (χ4n) is 3.79. The maximum atomic E-state index is 13.3. The molecule has 0 unspecified atom stereocenters. The number of carbonyl (C=O) groups excluding carboxylic acids is 2. The Morgan fingerprint density at radius 3 is 2.36 bits per heavy atom. The van der Waals surface area contributed by atoms with E-state index in [0.717, 1.165) is 16.8 Å². The first kappa shape index (κ1) is 19.4. The molecule has 2 aromatic carbocycles. The normalized spacial score (nSPS) is 18.0. The number of dihydropyridines is 1. The molecule has 5 nitrogen and oxygen atoms in total. The summed E-state index contributed by atoms with van der Waals surface area (Å²) in [5, 5.41) is 13.4. The molecule has 0 radical (unpaired) electrons. The zero-order valence-electron chi connectivity index (χ0n) is 15.0. The van der Waals surface area contributed by atoms with Crippen LogP contribution in [0.5, 0.6) is 5.75 Å². The molecule has 2 aromatic rings. The van der Waals surface area contributed by atoms with Crippen molar-refractivity contribution in [1.82, 2.24) is 5.32 Å². The Morgan fingerprint density at radius 2 is 1.75 bits per heavy atom. The quantitative estimate of drug-likeness (QED) is 0.397. The van der Waals surface area contributed by atoms with E-state index in [4.69, 9.17) is 4.74 Å². The van der Waals surface area contributed by atoms with Crippen molar-refractivity contribution in [2.45, 2.75) is 12.8 Å². The molecule has 0 saturated heterocycles. The van der Waals surface area contributed by atoms with Crippen LogP contribution in [-0.4, -0.2) is 24.0 Å². The van der Waals surface area contributed by atoms with Gasteiger partial charge in [0.15, 0.2) is 5.78 Å². The van der Waals surface area contributed by atoms with E-state index in [1.165, 1.54) is 7.11 Å². The average molecular weight is 599 g/mol. The number of ketones is 1. The molecule has 4 rings (SSSR count). The molecule has 2 N–H and O–H groups in total. The monoisotopic (exact) mass is 599 g/mol. The lowest BCUT2D eigenvalue weighted by Crippen LogP contribution is -2.29. The summed E-state index contributed by atoms with van der Waals surface area (Å²) in [7, 11) is 1.33. The van der Waals surface area contributed by atoms with Crippen molar-refractivity contribution in [2.75, 3.05) is 7.11 Å². The zero-order valence-corrected chi connectivity index (χ0v) is 19.3. The van der Waals surface area contributed by atoms with Gasteiger partial charge in [-0.1, -0.05) is 24.3 Å². The van der Waals surface area contributed by atoms with Gasteiger partial charge in [0.05, 0.1) is 25.5 Å². The topological polar surface area (TPSA) is 75.6 Å². The smallest absolute Gasteiger partial charge is 0.336 e. The van der Waals surface area contributed by atoms with E-state index in [1.54, 1.807) is 6.07 Å². The highest BCUT2D eigenvalue weighted by Gasteiger charge is 2.43. The van der Waals surface area contributed by atoms with Crippen molar-refractivity contribution in [3.63, 3.8) is 0 Å². The molecular formula is C21H15I2NO4. The van der Waals surface area contributed by atoms with Crippen LogP contribution in [0.25, 0.3) is 5.70 Å². The standard InChI is InChI=1S/C21H15I2NO4/c1-9-15(21(27)28-2)16(10-7-13(22)20(26)14(23)8-10)17-18(24-9)11-5-3-4-6-12(11)19(17)25/h3-8,16,24,26H,1-2H3/t16-/m0/s1. The number of aromatic hydroxyl groups is 1. The van der Waals surface area contributed by atoms with Gasteiger partial charge in [0.1, 0.15) is 5.75 Å². The fraction of sp³-hybridized carbons (Fsp3) is 0.143. The summed E-state index contributed by atoms with van der Waals surface area (Å²) >= 11 is 4.11. The molecule has 1 aliphatic heterocycles. The third kappa shape index (κ3) is 2.86. The molecule has 1 aliphatic carbocycles. The second kappa shape index (κ2) is 7.18. The van der Waals surface area contributed by atoms with Crippen molar-refractivity contribution < 1.29 is 19.4 Å². The maximum absolute atomic E-state index is 13.3. The lowest BCUT2D eigenvalue weighted by atomic mass is 9.80. The lowest BCUT2D eigenvalue weighted by molar-refractivity contribution is -0.136. The van der Waals surface area contributed by atoms with Crippen LogP contribution in [0.15, 0.2) is 53.2 Å². The first-order valence-electron chi connectivity index (χ1n) is 8.47. The Morgan fingerprint density at radius 1 is 1.14 bits per heavy atom. The third-order valence-corrected chi connectivity index (χ3v) is 6.67. The summed E-state index contributed by atoms with van der Waals surface area (Å²) in [6.45, 7) is 1.81. The fourth-order valence-corrected chi connectivity index (χ4v) is 5.61. The number of methoxy groups -OCH3 is 1. The van der Waals surface area contributed by atoms with E-state index in [-0.39, 0.29) is 11.5 Å². The van der Waals surface area contributed by atoms with Crippen LogP contribution in [-0.2, 0) is 9.53 Å². The predicted molar refractivity (Wildman–Crippen MR) is 122 cm³/mol. The summed E-state index contributed by atoms with van der Waals surface area (Å²) in [6, 6.07) is 11.0. The van der Waals surface area contributed by atoms with Gasteiger partial charge in [-0.15, -0.1) is 0 Å². The molecule has 142 valence electrons. The van der Waals surface area contributed by atoms with Gasteiger partial charge in [-0.2, -0.15) is 0 Å². The molecule has 0 aromatic heterocycles. The van der Waals surface area contributed by atoms with Crippen molar-refractivity contribution in [1.29, 1.82) is 0 Å². The Balaban J connectivity index is 1.99. The number of esters is 1. The Kier molecular flexibility index (Phi) is 4.98. The molecule has 0 bridgehead atoms. The number of fused-ring (bicyclic) bond motifs is 2. The number of phenolic OH excluding ortho intramolecular Hbond substituents is 1. The van der Waals surface area contributed by atoms with E-state index in [2.05, 4.69) is 50.5 Å². The van der Waals surface area contributed by atoms with E-state index >= 15 is 0 Å². The lowest BCUT2D eigenvalue weighted by Gasteiger charge is -2.29. The number of hydrogen-bond donors (Lipinski definition) is 2. The van der Waals surface area contributed by atoms with E-state index < -0.39 is 11.9 Å². The predicted octanol–water partition coefficient (Wildman–Crippen LogP) is 4.34. The van der Waals surface area contributed by atoms with Gasteiger partial charge >= 0.3 is 5.97 Å². The van der Waals surface area contributed by atoms with Crippen molar-refractivity contribution in [3.8, 4) is 5.75 Å². The Labute approximate surface area is 189 Å². The number of phenols is 1. The van der Waals surface area contributed by atoms with Crippen LogP contribution in [0.2, 0.25) is 0 Å². The van der Waals surface area contributed by atoms with Gasteiger partial charge in [-0.05, 0) is 69.8 Å². The summed E-state index contributed by atoms with van der Waals surface area (Å²) in [6.07, 6.45) is 0. The van der Waals surface area contributed by atoms with Crippen LogP contribution < -0.4 is 5.32 Å². The SMILES string of the molecule is COC(=O)C1=C(C)NC2=C(C(=O)c3ccccc32)[C@H]1c1cc(I)c(O)c(I)c1. The minimum Gasteiger partial charge on any atom is -0.506 e. The van der Waals surface area contributed by atoms with E-state index in [9.17, 15) is 14.7 Å². The zero-order chi connectivity index (χ0) is 20.2. The first-order valence-corrected chi connectivity index (χ1v) is 10.6. The van der Waals surface area contributed by atoms with Gasteiger partial charge < -0.3 is 15.2 Å². The van der Waals surface area contributed by atoms with Gasteiger partial charge in [0.2, 0.25) is 0 Å². The van der Waals surface area contributed by atoms with Gasteiger partial charge in [0.25, 0.3) is 0 Å². The summed E-state index contributed by atoms with van der Waals surface area (Å²) in [5.41, 5.74) is 4.53. The van der Waals surface area contributed by atoms with Gasteiger partial charge in [-0.25, -0.2) is 4.79 Å². The van der Waals surface area contributed by atoms with E-state index in [1.807, 2.05) is 37.3 Å². The molecule has 0 fully saturated rings. The number of halogens is 2. The second-order valence-electron chi connectivity index (χ2n) is 6.58. The molecule has 0 spiro atoms. The average Bonchev–Trinajstić information content (AvgIpc) is 2.96. The number of benzene rings is 2. The third-order valence-electron chi connectivity index (χ3n) is 5.03. The van der Waals surface area contributed by atoms with Crippen LogP contribution in [0.4, 0.5) is 0 Å². The van der Waals surface area contributed by atoms with Crippen molar-refractivity contribution in [2.24, 2.45) is 0 Å². The summed E-state index contributed by atoms with van der Waals surface area (Å²) < 4.78 is 6.35. The number of hydrogen-bond acceptors (Lipinski definition) is 5. The number of nitrogens with one attached hydrogen (secondary N) is 1. The number of allylic oxidation sites excluding steroid dienone is 2. The van der Waals surface area contributed by atoms with Crippen molar-refractivity contribution >= 4 is 62.6 Å². The molecule has 28 heavy (non-hydrogen) atoms. The Hall–Kier alpha value is -1.88. The van der Waals surface area contributed by atoms with Crippen LogP contribution >= 0.6 is 45.2 Å². The van der Waals surface area contributed by atoms with E-state index in [0.29, 0.717) is 29.5 Å². The molecule has 0 amide bonds. The molecule has 0 saturated carbocycles. The highest BCUT2D eigenvalue weighted by atomic mass is 127. The molecule has 1 heterocycles. The van der Waals surface area contributed by atoms with Crippen molar-refractivity contribution in [3.05, 3.63) is 77.1 Å². The summed E-state index contributed by atoms with van der Waals surface area (Å²) in [5.74, 6) is -0.973. The molecule has 2 aliphatic rings.